The van der Waals surface area contributed by atoms with Crippen molar-refractivity contribution in [3.05, 3.63) is 77.6 Å². The number of nitrogens with one attached hydrogen (secondary N) is 1. The first-order chi connectivity index (χ1) is 11.6. The Morgan fingerprint density at radius 2 is 1.88 bits per heavy atom. The van der Waals surface area contributed by atoms with Crippen LogP contribution in [0.15, 0.2) is 60.7 Å². The summed E-state index contributed by atoms with van der Waals surface area (Å²) in [5, 5.41) is 2.88. The highest BCUT2D eigenvalue weighted by atomic mass is 16.1. The van der Waals surface area contributed by atoms with Gasteiger partial charge in [0.1, 0.15) is 5.82 Å². The maximum Gasteiger partial charge on any atom is 0.246 e. The Balaban J connectivity index is 1.97. The topological polar surface area (TPSA) is 46.9 Å². The minimum absolute atomic E-state index is 0.149. The van der Waals surface area contributed by atoms with E-state index in [4.69, 9.17) is 0 Å². The zero-order valence-corrected chi connectivity index (χ0v) is 14.0. The quantitative estimate of drug-likeness (QED) is 0.731. The first kappa shape index (κ1) is 16.0. The van der Waals surface area contributed by atoms with Crippen molar-refractivity contribution in [2.75, 3.05) is 0 Å². The number of amides is 1. The molecule has 1 N–H and O–H groups in total. The fourth-order valence-electron chi connectivity index (χ4n) is 2.70. The van der Waals surface area contributed by atoms with Gasteiger partial charge in [0.05, 0.1) is 17.6 Å². The van der Waals surface area contributed by atoms with Crippen LogP contribution in [0.1, 0.15) is 23.9 Å². The lowest BCUT2D eigenvalue weighted by Crippen LogP contribution is -2.25. The predicted molar refractivity (Wildman–Crippen MR) is 96.7 cm³/mol. The molecule has 0 spiro atoms. The second kappa shape index (κ2) is 6.71. The van der Waals surface area contributed by atoms with Crippen LogP contribution in [0.5, 0.6) is 0 Å². The number of imidazole rings is 1. The zero-order chi connectivity index (χ0) is 17.1. The fraction of sp³-hybridized carbons (Fsp3) is 0.200. The Labute approximate surface area is 141 Å². The van der Waals surface area contributed by atoms with Gasteiger partial charge in [-0.1, -0.05) is 43.0 Å². The van der Waals surface area contributed by atoms with Crippen LogP contribution in [0.25, 0.3) is 11.0 Å². The molecule has 0 fully saturated rings. The summed E-state index contributed by atoms with van der Waals surface area (Å²) in [5.74, 6) is 0.693. The van der Waals surface area contributed by atoms with Crippen LogP contribution < -0.4 is 5.32 Å². The van der Waals surface area contributed by atoms with Gasteiger partial charge in [-0.2, -0.15) is 0 Å². The summed E-state index contributed by atoms with van der Waals surface area (Å²) in [4.78, 5) is 16.5. The number of nitrogens with zero attached hydrogens (tertiary/aromatic N) is 2. The lowest BCUT2D eigenvalue weighted by atomic mass is 10.1. The van der Waals surface area contributed by atoms with Crippen LogP contribution >= 0.6 is 0 Å². The third-order valence-corrected chi connectivity index (χ3v) is 4.12. The first-order valence-corrected chi connectivity index (χ1v) is 7.98. The van der Waals surface area contributed by atoms with Crippen molar-refractivity contribution in [1.82, 2.24) is 14.9 Å². The molecule has 2 aromatic carbocycles. The molecule has 122 valence electrons. The number of para-hydroxylation sites is 2. The summed E-state index contributed by atoms with van der Waals surface area (Å²) >= 11 is 0. The average Bonchev–Trinajstić information content (AvgIpc) is 2.92. The maximum atomic E-state index is 11.8. The molecule has 0 bridgehead atoms. The zero-order valence-electron chi connectivity index (χ0n) is 14.0. The van der Waals surface area contributed by atoms with Crippen LogP contribution in [-0.2, 0) is 17.9 Å². The molecule has 0 saturated heterocycles. The first-order valence-electron chi connectivity index (χ1n) is 7.98. The predicted octanol–water partition coefficient (Wildman–Crippen LogP) is 3.59. The third kappa shape index (κ3) is 3.23. The number of rotatable bonds is 5. The highest BCUT2D eigenvalue weighted by Gasteiger charge is 2.12. The lowest BCUT2D eigenvalue weighted by Gasteiger charge is -2.12. The summed E-state index contributed by atoms with van der Waals surface area (Å²) in [7, 11) is 0. The third-order valence-electron chi connectivity index (χ3n) is 4.12. The number of carbonyl (C=O) groups excluding carboxylic acids is 1. The number of benzene rings is 2. The van der Waals surface area contributed by atoms with Gasteiger partial charge >= 0.3 is 0 Å². The van der Waals surface area contributed by atoms with Crippen LogP contribution in [0.2, 0.25) is 0 Å². The molecule has 4 nitrogen and oxygen atoms in total. The van der Waals surface area contributed by atoms with E-state index in [-0.39, 0.29) is 5.91 Å². The Morgan fingerprint density at radius 1 is 1.17 bits per heavy atom. The van der Waals surface area contributed by atoms with Gasteiger partial charge in [0.25, 0.3) is 0 Å². The van der Waals surface area contributed by atoms with Crippen LogP contribution in [0.3, 0.4) is 0 Å². The van der Waals surface area contributed by atoms with Crippen molar-refractivity contribution in [3.8, 4) is 0 Å². The summed E-state index contributed by atoms with van der Waals surface area (Å²) in [6.07, 6.45) is 0. The minimum atomic E-state index is -0.149. The molecule has 1 amide bonds. The monoisotopic (exact) mass is 319 g/mol. The Hall–Kier alpha value is -2.88. The molecule has 24 heavy (non-hydrogen) atoms. The van der Waals surface area contributed by atoms with Gasteiger partial charge in [-0.25, -0.2) is 4.98 Å². The Morgan fingerprint density at radius 3 is 2.62 bits per heavy atom. The highest BCUT2D eigenvalue weighted by Crippen LogP contribution is 2.19. The van der Waals surface area contributed by atoms with Crippen molar-refractivity contribution in [2.24, 2.45) is 0 Å². The normalized spacial score (nSPS) is 10.8. The van der Waals surface area contributed by atoms with E-state index in [9.17, 15) is 4.79 Å². The van der Waals surface area contributed by atoms with E-state index in [1.165, 1.54) is 11.1 Å². The SMILES string of the molecule is C=C(C)C(=O)NCc1nc2ccccc2n1Cc1ccccc1C. The Bertz CT molecular complexity index is 908. The molecule has 1 aromatic heterocycles. The molecule has 0 atom stereocenters. The van der Waals surface area contributed by atoms with E-state index in [2.05, 4.69) is 46.6 Å². The number of aryl methyl sites for hydroxylation is 1. The second-order valence-electron chi connectivity index (χ2n) is 5.99. The van der Waals surface area contributed by atoms with Crippen molar-refractivity contribution < 1.29 is 4.79 Å². The van der Waals surface area contributed by atoms with Crippen molar-refractivity contribution >= 4 is 16.9 Å². The maximum absolute atomic E-state index is 11.8. The lowest BCUT2D eigenvalue weighted by molar-refractivity contribution is -0.117. The molecule has 3 rings (SSSR count). The van der Waals surface area contributed by atoms with E-state index in [0.717, 1.165) is 23.4 Å². The molecule has 0 radical (unpaired) electrons. The largest absolute Gasteiger partial charge is 0.345 e. The number of aromatic nitrogens is 2. The van der Waals surface area contributed by atoms with E-state index < -0.39 is 0 Å². The molecule has 0 aliphatic heterocycles. The van der Waals surface area contributed by atoms with Gasteiger partial charge in [-0.05, 0) is 37.1 Å². The molecular formula is C20H21N3O. The summed E-state index contributed by atoms with van der Waals surface area (Å²) in [5.41, 5.74) is 4.99. The fourth-order valence-corrected chi connectivity index (χ4v) is 2.70. The van der Waals surface area contributed by atoms with Gasteiger partial charge in [0, 0.05) is 12.1 Å². The number of carbonyl (C=O) groups is 1. The molecule has 0 unspecified atom stereocenters. The molecule has 0 saturated carbocycles. The average molecular weight is 319 g/mol. The highest BCUT2D eigenvalue weighted by molar-refractivity contribution is 5.92. The molecule has 3 aromatic rings. The number of hydrogen-bond acceptors (Lipinski definition) is 2. The van der Waals surface area contributed by atoms with Gasteiger partial charge in [-0.15, -0.1) is 0 Å². The second-order valence-corrected chi connectivity index (χ2v) is 5.99. The standard InChI is InChI=1S/C20H21N3O/c1-14(2)20(24)21-12-19-22-17-10-6-7-11-18(17)23(19)13-16-9-5-4-8-15(16)3/h4-11H,1,12-13H2,2-3H3,(H,21,24). The van der Waals surface area contributed by atoms with Gasteiger partial charge in [0.15, 0.2) is 0 Å². The van der Waals surface area contributed by atoms with Crippen LogP contribution in [-0.4, -0.2) is 15.5 Å². The molecule has 4 heteroatoms. The van der Waals surface area contributed by atoms with Crippen molar-refractivity contribution in [1.29, 1.82) is 0 Å². The van der Waals surface area contributed by atoms with E-state index in [1.54, 1.807) is 6.92 Å². The van der Waals surface area contributed by atoms with Gasteiger partial charge in [0.2, 0.25) is 5.91 Å². The summed E-state index contributed by atoms with van der Waals surface area (Å²) < 4.78 is 2.16. The van der Waals surface area contributed by atoms with Gasteiger partial charge in [-0.3, -0.25) is 4.79 Å². The molecular weight excluding hydrogens is 298 g/mol. The molecule has 1 heterocycles. The smallest absolute Gasteiger partial charge is 0.246 e. The minimum Gasteiger partial charge on any atom is -0.345 e. The molecule has 0 aliphatic carbocycles. The van der Waals surface area contributed by atoms with Crippen molar-refractivity contribution in [2.45, 2.75) is 26.9 Å². The Kier molecular flexibility index (Phi) is 4.47. The van der Waals surface area contributed by atoms with E-state index in [0.29, 0.717) is 12.1 Å². The number of hydrogen-bond donors (Lipinski definition) is 1. The summed E-state index contributed by atoms with van der Waals surface area (Å²) in [6, 6.07) is 16.4. The summed E-state index contributed by atoms with van der Waals surface area (Å²) in [6.45, 7) is 8.59. The van der Waals surface area contributed by atoms with Gasteiger partial charge < -0.3 is 9.88 Å². The van der Waals surface area contributed by atoms with Crippen LogP contribution in [0.4, 0.5) is 0 Å². The van der Waals surface area contributed by atoms with E-state index >= 15 is 0 Å². The number of fused-ring (bicyclic) bond motifs is 1. The van der Waals surface area contributed by atoms with Crippen LogP contribution in [0, 0.1) is 6.92 Å². The van der Waals surface area contributed by atoms with Crippen molar-refractivity contribution in [3.63, 3.8) is 0 Å². The van der Waals surface area contributed by atoms with E-state index in [1.807, 2.05) is 30.3 Å². The molecule has 0 aliphatic rings.